The Kier molecular flexibility index (Phi) is 2.92. The number of allylic oxidation sites excluding steroid dienone is 3. The summed E-state index contributed by atoms with van der Waals surface area (Å²) in [5.41, 5.74) is 2.94. The monoisotopic (exact) mass is 319 g/mol. The molecule has 116 valence electrons. The van der Waals surface area contributed by atoms with Crippen LogP contribution in [0.1, 0.15) is 19.3 Å². The molecule has 0 radical (unpaired) electrons. The SMILES string of the molecule is CN1C(=O)NC(=O)[C@@]12CC1=CC3=C(C=CC(CCl)N3)CC1C2. The van der Waals surface area contributed by atoms with Crippen molar-refractivity contribution in [3.05, 3.63) is 35.1 Å². The van der Waals surface area contributed by atoms with Crippen molar-refractivity contribution in [2.45, 2.75) is 30.8 Å². The Morgan fingerprint density at radius 3 is 2.95 bits per heavy atom. The molecule has 2 fully saturated rings. The molecule has 0 aromatic heterocycles. The van der Waals surface area contributed by atoms with Gasteiger partial charge < -0.3 is 10.2 Å². The maximum Gasteiger partial charge on any atom is 0.324 e. The first-order valence-electron chi connectivity index (χ1n) is 7.57. The van der Waals surface area contributed by atoms with Gasteiger partial charge in [-0.3, -0.25) is 10.1 Å². The maximum absolute atomic E-state index is 12.3. The number of fused-ring (bicyclic) bond motifs is 1. The van der Waals surface area contributed by atoms with Crippen molar-refractivity contribution in [2.24, 2.45) is 5.92 Å². The highest BCUT2D eigenvalue weighted by molar-refractivity contribution is 6.18. The Morgan fingerprint density at radius 1 is 1.45 bits per heavy atom. The van der Waals surface area contributed by atoms with Gasteiger partial charge in [-0.2, -0.15) is 0 Å². The predicted octanol–water partition coefficient (Wildman–Crippen LogP) is 1.67. The molecule has 3 atom stereocenters. The fourth-order valence-corrected chi connectivity index (χ4v) is 4.23. The van der Waals surface area contributed by atoms with E-state index in [4.69, 9.17) is 11.6 Å². The number of nitrogens with zero attached hydrogens (tertiary/aromatic N) is 1. The van der Waals surface area contributed by atoms with Crippen LogP contribution in [-0.4, -0.2) is 41.3 Å². The van der Waals surface area contributed by atoms with E-state index in [1.165, 1.54) is 11.1 Å². The lowest BCUT2D eigenvalue weighted by Gasteiger charge is -2.28. The number of halogens is 1. The van der Waals surface area contributed by atoms with Crippen LogP contribution < -0.4 is 10.6 Å². The number of imide groups is 1. The zero-order valence-electron chi connectivity index (χ0n) is 12.4. The first-order valence-corrected chi connectivity index (χ1v) is 8.10. The number of hydrogen-bond acceptors (Lipinski definition) is 3. The molecule has 4 rings (SSSR count). The molecule has 22 heavy (non-hydrogen) atoms. The minimum atomic E-state index is -0.697. The van der Waals surface area contributed by atoms with E-state index in [1.807, 2.05) is 0 Å². The van der Waals surface area contributed by atoms with Crippen LogP contribution in [0.25, 0.3) is 0 Å². The van der Waals surface area contributed by atoms with Crippen LogP contribution in [0.4, 0.5) is 4.79 Å². The van der Waals surface area contributed by atoms with Crippen molar-refractivity contribution < 1.29 is 9.59 Å². The average Bonchev–Trinajstić information content (AvgIpc) is 2.98. The van der Waals surface area contributed by atoms with E-state index >= 15 is 0 Å². The third-order valence-corrected chi connectivity index (χ3v) is 5.71. The van der Waals surface area contributed by atoms with Gasteiger partial charge in [-0.25, -0.2) is 4.79 Å². The standard InChI is InChI=1S/C16H18ClN3O2/c1-20-15(22)19-14(21)16(20)6-10-4-9-2-3-12(8-17)18-13(9)5-11(10)7-16/h2-3,5,10,12,18H,4,6-8H2,1H3,(H,19,21,22)/t10?,12?,16-/m1/s1. The third-order valence-electron chi connectivity index (χ3n) is 5.37. The normalized spacial score (nSPS) is 36.3. The number of dihydropyridines is 1. The van der Waals surface area contributed by atoms with Crippen LogP contribution in [0.5, 0.6) is 0 Å². The van der Waals surface area contributed by atoms with E-state index in [0.717, 1.165) is 12.1 Å². The van der Waals surface area contributed by atoms with Gasteiger partial charge in [0.1, 0.15) is 5.54 Å². The fraction of sp³-hybridized carbons (Fsp3) is 0.500. The maximum atomic E-state index is 12.3. The molecule has 2 unspecified atom stereocenters. The number of urea groups is 1. The summed E-state index contributed by atoms with van der Waals surface area (Å²) in [5, 5.41) is 5.88. The Hall–Kier alpha value is -1.75. The van der Waals surface area contributed by atoms with Gasteiger partial charge in [-0.1, -0.05) is 17.7 Å². The molecule has 6 heteroatoms. The first kappa shape index (κ1) is 13.9. The van der Waals surface area contributed by atoms with Crippen LogP contribution in [-0.2, 0) is 4.79 Å². The molecule has 1 spiro atoms. The summed E-state index contributed by atoms with van der Waals surface area (Å²) >= 11 is 5.92. The Bertz CT molecular complexity index is 666. The van der Waals surface area contributed by atoms with Gasteiger partial charge in [0.2, 0.25) is 0 Å². The zero-order chi connectivity index (χ0) is 15.5. The first-order chi connectivity index (χ1) is 10.5. The predicted molar refractivity (Wildman–Crippen MR) is 83.3 cm³/mol. The van der Waals surface area contributed by atoms with Gasteiger partial charge in [0.25, 0.3) is 5.91 Å². The van der Waals surface area contributed by atoms with Gasteiger partial charge >= 0.3 is 6.03 Å². The van der Waals surface area contributed by atoms with E-state index in [-0.39, 0.29) is 18.0 Å². The summed E-state index contributed by atoms with van der Waals surface area (Å²) in [5.74, 6) is 0.705. The number of amides is 3. The third kappa shape index (κ3) is 1.78. The summed E-state index contributed by atoms with van der Waals surface area (Å²) in [6.45, 7) is 0. The molecular weight excluding hydrogens is 302 g/mol. The fourth-order valence-electron chi connectivity index (χ4n) is 4.05. The number of carbonyl (C=O) groups is 2. The van der Waals surface area contributed by atoms with Crippen molar-refractivity contribution >= 4 is 23.5 Å². The summed E-state index contributed by atoms with van der Waals surface area (Å²) < 4.78 is 0. The molecule has 1 saturated carbocycles. The second-order valence-corrected chi connectivity index (χ2v) is 6.86. The van der Waals surface area contributed by atoms with Crippen molar-refractivity contribution in [3.8, 4) is 0 Å². The highest BCUT2D eigenvalue weighted by atomic mass is 35.5. The van der Waals surface area contributed by atoms with Gasteiger partial charge in [-0.15, -0.1) is 11.6 Å². The lowest BCUT2D eigenvalue weighted by molar-refractivity contribution is -0.126. The molecular formula is C16H18ClN3O2. The van der Waals surface area contributed by atoms with E-state index < -0.39 is 5.54 Å². The molecule has 0 aromatic carbocycles. The van der Waals surface area contributed by atoms with E-state index in [1.54, 1.807) is 11.9 Å². The number of alkyl halides is 1. The quantitative estimate of drug-likeness (QED) is 0.571. The summed E-state index contributed by atoms with van der Waals surface area (Å²) in [6.07, 6.45) is 8.63. The molecule has 1 saturated heterocycles. The van der Waals surface area contributed by atoms with Crippen molar-refractivity contribution in [1.29, 1.82) is 0 Å². The summed E-state index contributed by atoms with van der Waals surface area (Å²) in [6, 6.07) is -0.134. The summed E-state index contributed by atoms with van der Waals surface area (Å²) in [7, 11) is 1.72. The van der Waals surface area contributed by atoms with E-state index in [2.05, 4.69) is 28.9 Å². The number of likely N-dealkylation sites (N-methyl/N-ethyl adjacent to an activating group) is 1. The van der Waals surface area contributed by atoms with Gasteiger partial charge in [0.05, 0.1) is 6.04 Å². The van der Waals surface area contributed by atoms with E-state index in [0.29, 0.717) is 24.6 Å². The van der Waals surface area contributed by atoms with Crippen LogP contribution in [0, 0.1) is 5.92 Å². The van der Waals surface area contributed by atoms with E-state index in [9.17, 15) is 9.59 Å². The molecule has 2 aliphatic carbocycles. The summed E-state index contributed by atoms with van der Waals surface area (Å²) in [4.78, 5) is 25.7. The topological polar surface area (TPSA) is 61.4 Å². The zero-order valence-corrected chi connectivity index (χ0v) is 13.1. The van der Waals surface area contributed by atoms with Crippen molar-refractivity contribution in [3.63, 3.8) is 0 Å². The van der Waals surface area contributed by atoms with Gasteiger partial charge in [-0.05, 0) is 30.4 Å². The second-order valence-electron chi connectivity index (χ2n) is 6.55. The largest absolute Gasteiger partial charge is 0.377 e. The van der Waals surface area contributed by atoms with Gasteiger partial charge in [0.15, 0.2) is 0 Å². The van der Waals surface area contributed by atoms with Gasteiger partial charge in [0, 0.05) is 25.0 Å². The minimum Gasteiger partial charge on any atom is -0.377 e. The van der Waals surface area contributed by atoms with Crippen molar-refractivity contribution in [1.82, 2.24) is 15.5 Å². The van der Waals surface area contributed by atoms with Crippen LogP contribution in [0.15, 0.2) is 35.1 Å². The Labute approximate surface area is 134 Å². The number of nitrogens with one attached hydrogen (secondary N) is 2. The van der Waals surface area contributed by atoms with Crippen LogP contribution in [0.2, 0.25) is 0 Å². The average molecular weight is 320 g/mol. The smallest absolute Gasteiger partial charge is 0.324 e. The molecule has 0 bridgehead atoms. The molecule has 4 aliphatic rings. The molecule has 2 aliphatic heterocycles. The lowest BCUT2D eigenvalue weighted by Crippen LogP contribution is -2.45. The Balaban J connectivity index is 1.64. The lowest BCUT2D eigenvalue weighted by atomic mass is 9.85. The number of hydrogen-bond donors (Lipinski definition) is 2. The Morgan fingerprint density at radius 2 is 2.27 bits per heavy atom. The van der Waals surface area contributed by atoms with Crippen LogP contribution >= 0.6 is 11.6 Å². The molecule has 2 heterocycles. The molecule has 0 aromatic rings. The minimum absolute atomic E-state index is 0.156. The highest BCUT2D eigenvalue weighted by Crippen LogP contribution is 2.49. The van der Waals surface area contributed by atoms with Crippen LogP contribution in [0.3, 0.4) is 0 Å². The number of rotatable bonds is 1. The molecule has 3 amide bonds. The molecule has 2 N–H and O–H groups in total. The number of carbonyl (C=O) groups excluding carboxylic acids is 2. The van der Waals surface area contributed by atoms with Crippen molar-refractivity contribution in [2.75, 3.05) is 12.9 Å². The highest BCUT2D eigenvalue weighted by Gasteiger charge is 2.57. The second kappa shape index (κ2) is 4.62. The molecule has 5 nitrogen and oxygen atoms in total.